The molecule has 0 atom stereocenters. The van der Waals surface area contributed by atoms with E-state index in [0.29, 0.717) is 0 Å². The van der Waals surface area contributed by atoms with Gasteiger partial charge in [-0.3, -0.25) is 0 Å². The van der Waals surface area contributed by atoms with Gasteiger partial charge in [0.15, 0.2) is 0 Å². The lowest BCUT2D eigenvalue weighted by atomic mass is 10.1. The van der Waals surface area contributed by atoms with Gasteiger partial charge in [0.1, 0.15) is 0 Å². The van der Waals surface area contributed by atoms with Crippen molar-refractivity contribution in [3.8, 4) is 11.4 Å². The molecule has 9 aromatic carbocycles. The second kappa shape index (κ2) is 12.2. The number of hydrogen-bond donors (Lipinski definition) is 0. The normalized spacial score (nSPS) is 11.9. The van der Waals surface area contributed by atoms with Gasteiger partial charge >= 0.3 is 0 Å². The molecule has 3 heterocycles. The van der Waals surface area contributed by atoms with E-state index in [1.54, 1.807) is 0 Å². The van der Waals surface area contributed by atoms with Crippen LogP contribution in [0, 0.1) is 0 Å². The van der Waals surface area contributed by atoms with Gasteiger partial charge in [0.25, 0.3) is 0 Å². The van der Waals surface area contributed by atoms with Crippen molar-refractivity contribution in [3.05, 3.63) is 200 Å². The minimum absolute atomic E-state index is 1.10. The number of anilines is 3. The minimum atomic E-state index is 1.10. The molecule has 12 aromatic rings. The van der Waals surface area contributed by atoms with E-state index in [0.717, 1.165) is 28.4 Å². The fourth-order valence-electron chi connectivity index (χ4n) is 8.94. The molecular weight excluding hydrogens is 699 g/mol. The fourth-order valence-corrected chi connectivity index (χ4v) is 10.0. The highest BCUT2D eigenvalue weighted by molar-refractivity contribution is 7.25. The summed E-state index contributed by atoms with van der Waals surface area (Å²) < 4.78 is 7.42. The lowest BCUT2D eigenvalue weighted by Gasteiger charge is -2.26. The number of benzene rings is 9. The first-order chi connectivity index (χ1) is 27.8. The Morgan fingerprint density at radius 3 is 1.59 bits per heavy atom. The van der Waals surface area contributed by atoms with Crippen LogP contribution in [0.2, 0.25) is 0 Å². The molecule has 56 heavy (non-hydrogen) atoms. The van der Waals surface area contributed by atoms with Gasteiger partial charge in [-0.2, -0.15) is 0 Å². The number of aromatic nitrogens is 2. The van der Waals surface area contributed by atoms with E-state index in [4.69, 9.17) is 0 Å². The Kier molecular flexibility index (Phi) is 6.80. The lowest BCUT2D eigenvalue weighted by molar-refractivity contribution is 1.17. The summed E-state index contributed by atoms with van der Waals surface area (Å²) in [4.78, 5) is 2.42. The van der Waals surface area contributed by atoms with Crippen LogP contribution >= 0.6 is 11.3 Å². The van der Waals surface area contributed by atoms with Gasteiger partial charge in [0.2, 0.25) is 0 Å². The third-order valence-corrected chi connectivity index (χ3v) is 12.6. The molecular formula is C52H33N3S. The van der Waals surface area contributed by atoms with E-state index in [-0.39, 0.29) is 0 Å². The average molecular weight is 732 g/mol. The van der Waals surface area contributed by atoms with Gasteiger partial charge < -0.3 is 14.0 Å². The van der Waals surface area contributed by atoms with E-state index >= 15 is 0 Å². The van der Waals surface area contributed by atoms with E-state index in [1.807, 2.05) is 11.3 Å². The molecule has 262 valence electrons. The molecule has 0 aliphatic rings. The summed E-state index contributed by atoms with van der Waals surface area (Å²) in [7, 11) is 0. The van der Waals surface area contributed by atoms with Crippen molar-refractivity contribution in [2.75, 3.05) is 4.90 Å². The van der Waals surface area contributed by atoms with Gasteiger partial charge in [-0.05, 0) is 108 Å². The Labute approximate surface area is 327 Å². The third kappa shape index (κ3) is 4.70. The van der Waals surface area contributed by atoms with Crippen LogP contribution < -0.4 is 4.90 Å². The van der Waals surface area contributed by atoms with Crippen molar-refractivity contribution >= 4 is 103 Å². The summed E-state index contributed by atoms with van der Waals surface area (Å²) in [6.45, 7) is 0. The van der Waals surface area contributed by atoms with E-state index in [9.17, 15) is 0 Å². The van der Waals surface area contributed by atoms with Crippen molar-refractivity contribution in [1.82, 2.24) is 9.13 Å². The monoisotopic (exact) mass is 731 g/mol. The number of rotatable bonds is 5. The number of thiophene rings is 1. The molecule has 0 spiro atoms. The first kappa shape index (κ1) is 31.2. The summed E-state index contributed by atoms with van der Waals surface area (Å²) in [6.07, 6.45) is 0. The highest BCUT2D eigenvalue weighted by Crippen LogP contribution is 2.43. The van der Waals surface area contributed by atoms with Crippen LogP contribution in [0.5, 0.6) is 0 Å². The lowest BCUT2D eigenvalue weighted by Crippen LogP contribution is -2.10. The van der Waals surface area contributed by atoms with Gasteiger partial charge in [0.05, 0.1) is 22.1 Å². The molecule has 0 unspecified atom stereocenters. The van der Waals surface area contributed by atoms with Gasteiger partial charge in [-0.25, -0.2) is 0 Å². The number of fused-ring (bicyclic) bond motifs is 10. The van der Waals surface area contributed by atoms with Crippen molar-refractivity contribution in [2.24, 2.45) is 0 Å². The predicted octanol–water partition coefficient (Wildman–Crippen LogP) is 14.9. The first-order valence-electron chi connectivity index (χ1n) is 19.1. The van der Waals surface area contributed by atoms with Crippen molar-refractivity contribution in [1.29, 1.82) is 0 Å². The topological polar surface area (TPSA) is 13.1 Å². The molecule has 0 N–H and O–H groups in total. The molecule has 12 rings (SSSR count). The van der Waals surface area contributed by atoms with Gasteiger partial charge in [-0.1, -0.05) is 103 Å². The van der Waals surface area contributed by atoms with Crippen molar-refractivity contribution < 1.29 is 0 Å². The fraction of sp³-hybridized carbons (Fsp3) is 0. The van der Waals surface area contributed by atoms with E-state index < -0.39 is 0 Å². The molecule has 0 saturated heterocycles. The quantitative estimate of drug-likeness (QED) is 0.172. The zero-order valence-corrected chi connectivity index (χ0v) is 31.1. The maximum absolute atomic E-state index is 2.42. The summed E-state index contributed by atoms with van der Waals surface area (Å²) in [5.74, 6) is 0. The average Bonchev–Trinajstić information content (AvgIpc) is 3.91. The van der Waals surface area contributed by atoms with Crippen LogP contribution in [-0.2, 0) is 0 Å². The molecule has 0 aliphatic heterocycles. The van der Waals surface area contributed by atoms with Crippen molar-refractivity contribution in [2.45, 2.75) is 0 Å². The Hall–Kier alpha value is -7.14. The summed E-state index contributed by atoms with van der Waals surface area (Å²) in [6, 6.07) is 73.3. The summed E-state index contributed by atoms with van der Waals surface area (Å²) in [5.41, 5.74) is 10.4. The zero-order chi connectivity index (χ0) is 36.7. The maximum Gasteiger partial charge on any atom is 0.0561 e. The highest BCUT2D eigenvalue weighted by Gasteiger charge is 2.20. The van der Waals surface area contributed by atoms with Crippen LogP contribution in [0.3, 0.4) is 0 Å². The first-order valence-corrected chi connectivity index (χ1v) is 19.9. The molecule has 0 fully saturated rings. The molecule has 0 saturated carbocycles. The van der Waals surface area contributed by atoms with Gasteiger partial charge in [0, 0.05) is 70.2 Å². The Morgan fingerprint density at radius 1 is 0.304 bits per heavy atom. The molecule has 4 heteroatoms. The highest BCUT2D eigenvalue weighted by atomic mass is 32.1. The largest absolute Gasteiger partial charge is 0.310 e. The third-order valence-electron chi connectivity index (χ3n) is 11.5. The van der Waals surface area contributed by atoms with Crippen molar-refractivity contribution in [3.63, 3.8) is 0 Å². The summed E-state index contributed by atoms with van der Waals surface area (Å²) >= 11 is 1.86. The maximum atomic E-state index is 2.42. The minimum Gasteiger partial charge on any atom is -0.310 e. The second-order valence-electron chi connectivity index (χ2n) is 14.6. The summed E-state index contributed by atoms with van der Waals surface area (Å²) in [5, 5.41) is 10.1. The van der Waals surface area contributed by atoms with Crippen LogP contribution in [0.25, 0.3) is 85.9 Å². The molecule has 0 amide bonds. The van der Waals surface area contributed by atoms with Crippen LogP contribution in [0.4, 0.5) is 17.1 Å². The van der Waals surface area contributed by atoms with E-state index in [1.165, 1.54) is 74.6 Å². The van der Waals surface area contributed by atoms with Crippen LogP contribution in [0.15, 0.2) is 200 Å². The smallest absolute Gasteiger partial charge is 0.0561 e. The number of hydrogen-bond acceptors (Lipinski definition) is 2. The van der Waals surface area contributed by atoms with Crippen LogP contribution in [0.1, 0.15) is 0 Å². The number of para-hydroxylation sites is 3. The Bertz CT molecular complexity index is 3480. The molecule has 0 radical (unpaired) electrons. The molecule has 3 aromatic heterocycles. The SMILES string of the molecule is c1ccc(-n2c3ccccc3c3ccc(N(c4ccc(-n5c6ccccc6c6cc7ccccc7cc65)cc4)c4ccc5sc6ccccc6c5c4)cc32)cc1. The zero-order valence-electron chi connectivity index (χ0n) is 30.3. The second-order valence-corrected chi connectivity index (χ2v) is 15.7. The molecule has 3 nitrogen and oxygen atoms in total. The van der Waals surface area contributed by atoms with Gasteiger partial charge in [-0.15, -0.1) is 11.3 Å². The van der Waals surface area contributed by atoms with E-state index in [2.05, 4.69) is 214 Å². The molecule has 0 bridgehead atoms. The standard InChI is InChI=1S/C52H33N3S/c1-2-14-36(15-3-1)54-47-19-9-6-16-41(47)43-28-26-40(33-50(43)54)53(39-27-29-52-46(32-39)44-18-8-11-21-51(44)56-52)37-22-24-38(25-23-37)55-48-20-10-7-17-42(48)45-30-34-12-4-5-13-35(34)31-49(45)55/h1-33H. The Balaban J connectivity index is 1.08. The Morgan fingerprint density at radius 2 is 0.821 bits per heavy atom. The molecule has 0 aliphatic carbocycles. The number of nitrogens with zero attached hydrogens (tertiary/aromatic N) is 3. The van der Waals surface area contributed by atoms with Crippen LogP contribution in [-0.4, -0.2) is 9.13 Å². The predicted molar refractivity (Wildman–Crippen MR) is 240 cm³/mol.